The Balaban J connectivity index is 0. The quantitative estimate of drug-likeness (QED) is 0.512. The molecule has 0 saturated heterocycles. The third-order valence-electron chi connectivity index (χ3n) is 0. The van der Waals surface area contributed by atoms with E-state index in [1.807, 2.05) is 0 Å². The fourth-order valence-corrected chi connectivity index (χ4v) is 0. The maximum absolute atomic E-state index is 5.29. The Bertz CT molecular complexity index is 67.1. The maximum atomic E-state index is 5.05. The normalized spacial score (nSPS) is 20.2. The van der Waals surface area contributed by atoms with E-state index in [0.717, 1.165) is 0 Å². The molecule has 0 bridgehead atoms. The molecule has 0 unspecified atom stereocenters. The van der Waals surface area contributed by atoms with Crippen molar-refractivity contribution in [2.24, 2.45) is 0 Å². The second-order valence-electron chi connectivity index (χ2n) is 0.678. The van der Waals surface area contributed by atoms with Gasteiger partial charge in [0.15, 0.2) is 0 Å². The van der Waals surface area contributed by atoms with Gasteiger partial charge in [-0.05, 0) is 0 Å². The van der Waals surface area contributed by atoms with Crippen molar-refractivity contribution in [2.45, 2.75) is 0 Å². The van der Waals surface area contributed by atoms with Crippen molar-refractivity contribution in [1.82, 2.24) is 0 Å². The van der Waals surface area contributed by atoms with E-state index >= 15 is 0 Å². The summed E-state index contributed by atoms with van der Waals surface area (Å²) in [6.07, 6.45) is 0. The molecule has 8 heavy (non-hydrogen) atoms. The van der Waals surface area contributed by atoms with Gasteiger partial charge in [-0.15, -0.1) is 0 Å². The van der Waals surface area contributed by atoms with Crippen molar-refractivity contribution < 1.29 is 7.31 Å². The van der Waals surface area contributed by atoms with E-state index in [-0.39, 0.29) is 23.1 Å². The van der Waals surface area contributed by atoms with E-state index in [4.69, 9.17) is 56.5 Å². The summed E-state index contributed by atoms with van der Waals surface area (Å²) < 4.78 is 0. The van der Waals surface area contributed by atoms with Crippen molar-refractivity contribution in [3.05, 3.63) is 0 Å². The molecule has 0 rings (SSSR count). The van der Waals surface area contributed by atoms with E-state index < -0.39 is 7.31 Å². The number of hydrogen-bond donors (Lipinski definition) is 0. The van der Waals surface area contributed by atoms with Crippen LogP contribution < -0.4 is 0 Å². The summed E-state index contributed by atoms with van der Waals surface area (Å²) in [4.78, 5) is 0. The van der Waals surface area contributed by atoms with Gasteiger partial charge in [0.2, 0.25) is 0 Å². The number of rotatable bonds is 0. The van der Waals surface area contributed by atoms with Crippen LogP contribution in [-0.2, 0) is 7.31 Å². The van der Waals surface area contributed by atoms with E-state index in [0.29, 0.717) is 0 Å². The van der Waals surface area contributed by atoms with Gasteiger partial charge in [0.25, 0.3) is 0 Å². The van der Waals surface area contributed by atoms with Gasteiger partial charge in [-0.1, -0.05) is 0 Å². The molecule has 8 heteroatoms. The van der Waals surface area contributed by atoms with Crippen molar-refractivity contribution in [3.8, 4) is 0 Å². The van der Waals surface area contributed by atoms with Crippen molar-refractivity contribution >= 4 is 79.6 Å². The first kappa shape index (κ1) is 13.8. The first-order chi connectivity index (χ1) is 2.45. The summed E-state index contributed by atoms with van der Waals surface area (Å²) in [7, 11) is 25.0. The zero-order valence-electron chi connectivity index (χ0n) is 3.29. The van der Waals surface area contributed by atoms with Crippen LogP contribution in [0, 0.1) is 0 Å². The molecule has 54 valence electrons. The van der Waals surface area contributed by atoms with Crippen molar-refractivity contribution in [2.75, 3.05) is 0 Å². The Labute approximate surface area is 85.3 Å². The van der Waals surface area contributed by atoms with Gasteiger partial charge < -0.3 is 0 Å². The Kier molecular flexibility index (Phi) is 4.48. The van der Waals surface area contributed by atoms with Gasteiger partial charge >= 0.3 is 86.9 Å². The molecule has 0 saturated carbocycles. The Morgan fingerprint density at radius 2 is 0.625 bits per heavy atom. The SMILES string of the molecule is [Cl][Pt-2]([Cl])([Cl])([Cl])([Cl])[Cl].[Mg+2]. The van der Waals surface area contributed by atoms with Crippen molar-refractivity contribution in [1.29, 1.82) is 0 Å². The van der Waals surface area contributed by atoms with Crippen LogP contribution >= 0.6 is 56.5 Å². The van der Waals surface area contributed by atoms with Crippen LogP contribution in [0.5, 0.6) is 0 Å². The summed E-state index contributed by atoms with van der Waals surface area (Å²) >= 11 is 0. The van der Waals surface area contributed by atoms with E-state index in [1.165, 1.54) is 0 Å². The minimum atomic E-state index is -5.29. The van der Waals surface area contributed by atoms with Crippen LogP contribution in [0.4, 0.5) is 0 Å². The molecule has 0 aliphatic carbocycles. The molecular weight excluding hydrogens is 432 g/mol. The average molecular weight is 432 g/mol. The van der Waals surface area contributed by atoms with Crippen LogP contribution in [0.2, 0.25) is 0 Å². The van der Waals surface area contributed by atoms with Gasteiger partial charge in [-0.2, -0.15) is 0 Å². The van der Waals surface area contributed by atoms with Gasteiger partial charge in [-0.3, -0.25) is 0 Å². The fraction of sp³-hybridized carbons (Fsp3) is 0. The largest absolute Gasteiger partial charge is 2.00 e. The number of hydrogen-bond acceptors (Lipinski definition) is 0. The average Bonchev–Trinajstić information content (AvgIpc) is 0.592. The van der Waals surface area contributed by atoms with Crippen LogP contribution in [0.3, 0.4) is 0 Å². The fourth-order valence-electron chi connectivity index (χ4n) is 0. The first-order valence-corrected chi connectivity index (χ1v) is 17.6. The summed E-state index contributed by atoms with van der Waals surface area (Å²) in [5.74, 6) is 0. The second kappa shape index (κ2) is 2.60. The molecule has 0 radical (unpaired) electrons. The predicted molar refractivity (Wildman–Crippen MR) is 40.9 cm³/mol. The van der Waals surface area contributed by atoms with Crippen LogP contribution in [-0.4, -0.2) is 23.1 Å². The Morgan fingerprint density at radius 1 is 0.625 bits per heavy atom. The molecule has 0 aliphatic heterocycles. The summed E-state index contributed by atoms with van der Waals surface area (Å²) in [6.45, 7) is 0. The molecule has 0 atom stereocenters. The van der Waals surface area contributed by atoms with Crippen molar-refractivity contribution in [3.63, 3.8) is 0 Å². The molecule has 0 heterocycles. The van der Waals surface area contributed by atoms with Crippen LogP contribution in [0.15, 0.2) is 0 Å². The smallest absolute Gasteiger partial charge is 2.00 e. The zero-order valence-corrected chi connectivity index (χ0v) is 11.5. The third-order valence-corrected chi connectivity index (χ3v) is 0. The molecule has 0 spiro atoms. The van der Waals surface area contributed by atoms with E-state index in [1.54, 1.807) is 0 Å². The first-order valence-electron chi connectivity index (χ1n) is 0.717. The molecule has 0 N–H and O–H groups in total. The minimum Gasteiger partial charge on any atom is 2.00 e. The Morgan fingerprint density at radius 3 is 0.625 bits per heavy atom. The standard InChI is InChI=1S/6ClH.Mg.Pt/h6*1H;;/q;;;;;;+2;+4/p-6. The van der Waals surface area contributed by atoms with E-state index in [2.05, 4.69) is 0 Å². The Hall–Kier alpha value is 3.19. The molecule has 0 aromatic carbocycles. The summed E-state index contributed by atoms with van der Waals surface area (Å²) in [6, 6.07) is 0. The topological polar surface area (TPSA) is 0 Å². The molecular formula is Cl6MgPt. The number of halogens is 6. The van der Waals surface area contributed by atoms with Gasteiger partial charge in [0.05, 0.1) is 0 Å². The molecule has 0 amide bonds. The van der Waals surface area contributed by atoms with E-state index in [9.17, 15) is 0 Å². The maximum Gasteiger partial charge on any atom is 2.00 e. The summed E-state index contributed by atoms with van der Waals surface area (Å²) in [5, 5.41) is 0. The molecule has 0 aromatic rings. The van der Waals surface area contributed by atoms with Crippen LogP contribution in [0.1, 0.15) is 0 Å². The predicted octanol–water partition coefficient (Wildman–Crippen LogP) is 3.75. The second-order valence-corrected chi connectivity index (χ2v) is 49.9. The van der Waals surface area contributed by atoms with Gasteiger partial charge in [-0.25, -0.2) is 0 Å². The van der Waals surface area contributed by atoms with Gasteiger partial charge in [0, 0.05) is 0 Å². The van der Waals surface area contributed by atoms with Crippen LogP contribution in [0.25, 0.3) is 0 Å². The molecule has 0 aliphatic rings. The molecule has 0 fully saturated rings. The minimum absolute atomic E-state index is 0. The summed E-state index contributed by atoms with van der Waals surface area (Å²) in [5.41, 5.74) is 0. The molecule has 0 aromatic heterocycles. The monoisotopic (exact) mass is 429 g/mol. The molecule has 0 nitrogen and oxygen atoms in total. The third kappa shape index (κ3) is 60.5. The van der Waals surface area contributed by atoms with Gasteiger partial charge in [0.1, 0.15) is 0 Å². The zero-order chi connectivity index (χ0) is 6.41.